The van der Waals surface area contributed by atoms with Crippen molar-refractivity contribution in [1.29, 1.82) is 0 Å². The summed E-state index contributed by atoms with van der Waals surface area (Å²) in [4.78, 5) is 29.0. The lowest BCUT2D eigenvalue weighted by Crippen LogP contribution is -2.33. The Balaban J connectivity index is 1.65. The Morgan fingerprint density at radius 1 is 1.21 bits per heavy atom. The van der Waals surface area contributed by atoms with Crippen LogP contribution in [0.25, 0.3) is 10.8 Å². The topological polar surface area (TPSA) is 82.1 Å². The molecule has 0 spiro atoms. The molecule has 4 rings (SSSR count). The Morgan fingerprint density at radius 2 is 1.94 bits per heavy atom. The first kappa shape index (κ1) is 23.3. The van der Waals surface area contributed by atoms with Crippen LogP contribution in [0, 0.1) is 13.8 Å². The van der Waals surface area contributed by atoms with Crippen LogP contribution < -0.4 is 15.0 Å². The molecule has 2 N–H and O–H groups in total. The fourth-order valence-electron chi connectivity index (χ4n) is 4.02. The average Bonchev–Trinajstić information content (AvgIpc) is 3.09. The summed E-state index contributed by atoms with van der Waals surface area (Å²) in [5.74, 6) is -0.268. The molecule has 0 radical (unpaired) electrons. The summed E-state index contributed by atoms with van der Waals surface area (Å²) >= 11 is 5.54. The van der Waals surface area contributed by atoms with Crippen molar-refractivity contribution in [3.8, 4) is 11.5 Å². The number of rotatable bonds is 7. The van der Waals surface area contributed by atoms with Gasteiger partial charge in [-0.1, -0.05) is 48.0 Å². The van der Waals surface area contributed by atoms with Gasteiger partial charge in [0, 0.05) is 17.3 Å². The van der Waals surface area contributed by atoms with Gasteiger partial charge < -0.3 is 20.1 Å². The van der Waals surface area contributed by atoms with Gasteiger partial charge in [-0.25, -0.2) is 0 Å². The number of hydrogen-bond acceptors (Lipinski definition) is 5. The Kier molecular flexibility index (Phi) is 6.51. The van der Waals surface area contributed by atoms with Crippen LogP contribution in [0.15, 0.2) is 61.2 Å². The van der Waals surface area contributed by atoms with Gasteiger partial charge in [0.2, 0.25) is 0 Å². The van der Waals surface area contributed by atoms with Gasteiger partial charge in [0.25, 0.3) is 11.8 Å². The molecule has 7 nitrogen and oxygen atoms in total. The fraction of sp³-hybridized carbons (Fsp3) is 0.192. The third-order valence-electron chi connectivity index (χ3n) is 5.66. The number of carbonyl (C=O) groups is 2. The van der Waals surface area contributed by atoms with E-state index in [0.717, 1.165) is 11.1 Å². The molecule has 3 aromatic carbocycles. The van der Waals surface area contributed by atoms with Gasteiger partial charge in [-0.2, -0.15) is 0 Å². The first-order valence-electron chi connectivity index (χ1n) is 10.8. The van der Waals surface area contributed by atoms with E-state index in [0.29, 0.717) is 33.9 Å². The van der Waals surface area contributed by atoms with Crippen molar-refractivity contribution in [3.63, 3.8) is 0 Å². The van der Waals surface area contributed by atoms with E-state index in [1.807, 2.05) is 32.0 Å². The predicted molar refractivity (Wildman–Crippen MR) is 136 cm³/mol. The second-order valence-corrected chi connectivity index (χ2v) is 8.45. The molecule has 1 saturated heterocycles. The van der Waals surface area contributed by atoms with Crippen molar-refractivity contribution in [2.45, 2.75) is 13.8 Å². The molecular weight excluding hydrogens is 450 g/mol. The summed E-state index contributed by atoms with van der Waals surface area (Å²) in [5, 5.41) is 14.9. The van der Waals surface area contributed by atoms with Crippen LogP contribution in [0.2, 0.25) is 0 Å². The van der Waals surface area contributed by atoms with E-state index >= 15 is 0 Å². The molecule has 0 saturated carbocycles. The second-order valence-electron chi connectivity index (χ2n) is 8.08. The summed E-state index contributed by atoms with van der Waals surface area (Å²) in [7, 11) is 0. The number of carbonyl (C=O) groups excluding carboxylic acids is 2. The third-order valence-corrected chi connectivity index (χ3v) is 6.10. The van der Waals surface area contributed by atoms with Crippen LogP contribution in [0.1, 0.15) is 21.5 Å². The number of phenols is 1. The Morgan fingerprint density at radius 3 is 2.65 bits per heavy atom. The third kappa shape index (κ3) is 4.32. The van der Waals surface area contributed by atoms with Gasteiger partial charge in [0.1, 0.15) is 18.0 Å². The van der Waals surface area contributed by atoms with E-state index < -0.39 is 5.91 Å². The minimum Gasteiger partial charge on any atom is -0.506 e. The van der Waals surface area contributed by atoms with Crippen LogP contribution in [-0.4, -0.2) is 46.8 Å². The fourth-order valence-corrected chi connectivity index (χ4v) is 4.36. The maximum absolute atomic E-state index is 13.0. The van der Waals surface area contributed by atoms with Gasteiger partial charge in [0.15, 0.2) is 11.8 Å². The summed E-state index contributed by atoms with van der Waals surface area (Å²) < 4.78 is 5.70. The number of nitrogens with one attached hydrogen (secondary N) is 1. The highest BCUT2D eigenvalue weighted by atomic mass is 32.1. The Hall–Kier alpha value is -3.91. The Labute approximate surface area is 203 Å². The quantitative estimate of drug-likeness (QED) is 0.305. The van der Waals surface area contributed by atoms with Crippen LogP contribution in [0.3, 0.4) is 0 Å². The van der Waals surface area contributed by atoms with E-state index in [1.54, 1.807) is 35.2 Å². The van der Waals surface area contributed by atoms with Crippen molar-refractivity contribution in [2.75, 3.05) is 24.7 Å². The van der Waals surface area contributed by atoms with Crippen molar-refractivity contribution in [1.82, 2.24) is 10.2 Å². The number of aryl methyl sites for hydroxylation is 2. The van der Waals surface area contributed by atoms with Gasteiger partial charge in [-0.3, -0.25) is 14.5 Å². The summed E-state index contributed by atoms with van der Waals surface area (Å²) in [5.41, 5.74) is 2.53. The molecule has 1 aliphatic heterocycles. The van der Waals surface area contributed by atoms with Gasteiger partial charge in [0.05, 0.1) is 11.3 Å². The number of phenolic OH excluding ortho intramolecular Hbond substituents is 1. The summed E-state index contributed by atoms with van der Waals surface area (Å²) in [6.45, 7) is 8.09. The number of aromatic hydroxyl groups is 1. The van der Waals surface area contributed by atoms with Crippen LogP contribution in [0.5, 0.6) is 11.5 Å². The van der Waals surface area contributed by atoms with Crippen molar-refractivity contribution in [2.24, 2.45) is 0 Å². The number of nitrogens with zero attached hydrogens (tertiary/aromatic N) is 2. The highest BCUT2D eigenvalue weighted by Crippen LogP contribution is 2.38. The molecule has 0 unspecified atom stereocenters. The largest absolute Gasteiger partial charge is 0.506 e. The molecule has 3 aromatic rings. The van der Waals surface area contributed by atoms with Gasteiger partial charge >= 0.3 is 0 Å². The zero-order chi connectivity index (χ0) is 24.4. The minimum atomic E-state index is -0.533. The lowest BCUT2D eigenvalue weighted by Gasteiger charge is -2.22. The first-order valence-corrected chi connectivity index (χ1v) is 11.2. The first-order chi connectivity index (χ1) is 16.3. The summed E-state index contributed by atoms with van der Waals surface area (Å²) in [6, 6.07) is 14.3. The highest BCUT2D eigenvalue weighted by Gasteiger charge is 2.35. The van der Waals surface area contributed by atoms with E-state index in [2.05, 4.69) is 11.9 Å². The lowest BCUT2D eigenvalue weighted by atomic mass is 10.0. The van der Waals surface area contributed by atoms with Crippen molar-refractivity contribution >= 4 is 45.6 Å². The maximum atomic E-state index is 13.0. The van der Waals surface area contributed by atoms with E-state index in [4.69, 9.17) is 17.0 Å². The van der Waals surface area contributed by atoms with Crippen LogP contribution >= 0.6 is 12.2 Å². The average molecular weight is 476 g/mol. The number of benzene rings is 3. The number of amides is 2. The van der Waals surface area contributed by atoms with Crippen molar-refractivity contribution in [3.05, 3.63) is 77.9 Å². The lowest BCUT2D eigenvalue weighted by molar-refractivity contribution is -0.116. The molecular formula is C26H25N3O4S. The number of ether oxygens (including phenoxy) is 1. The van der Waals surface area contributed by atoms with E-state index in [-0.39, 0.29) is 30.5 Å². The van der Waals surface area contributed by atoms with E-state index in [1.165, 1.54) is 11.0 Å². The predicted octanol–water partition coefficient (Wildman–Crippen LogP) is 4.05. The highest BCUT2D eigenvalue weighted by molar-refractivity contribution is 7.80. The number of hydrogen-bond donors (Lipinski definition) is 2. The molecule has 0 atom stereocenters. The Bertz CT molecular complexity index is 1320. The number of fused-ring (bicyclic) bond motifs is 1. The molecule has 1 aliphatic rings. The maximum Gasteiger partial charge on any atom is 0.257 e. The smallest absolute Gasteiger partial charge is 0.257 e. The van der Waals surface area contributed by atoms with Crippen LogP contribution in [0.4, 0.5) is 5.69 Å². The van der Waals surface area contributed by atoms with E-state index in [9.17, 15) is 14.7 Å². The molecule has 0 aliphatic carbocycles. The summed E-state index contributed by atoms with van der Waals surface area (Å²) in [6.07, 6.45) is 1.67. The molecule has 1 fully saturated rings. The molecule has 8 heteroatoms. The number of anilines is 1. The minimum absolute atomic E-state index is 0.0238. The van der Waals surface area contributed by atoms with Gasteiger partial charge in [-0.15, -0.1) is 6.58 Å². The molecule has 174 valence electrons. The second kappa shape index (κ2) is 9.52. The van der Waals surface area contributed by atoms with Crippen LogP contribution in [-0.2, 0) is 4.79 Å². The van der Waals surface area contributed by atoms with Gasteiger partial charge in [-0.05, 0) is 43.8 Å². The number of thiocarbonyl (C=S) groups is 1. The molecule has 34 heavy (non-hydrogen) atoms. The molecule has 0 aromatic heterocycles. The molecule has 2 amide bonds. The van der Waals surface area contributed by atoms with Crippen molar-refractivity contribution < 1.29 is 19.4 Å². The SMILES string of the molecule is C=CCN1CC(=O)N(c2cc(C(=O)NCOc3ccc(C)cc3C)c(O)c3ccccc23)C1=S. The zero-order valence-electron chi connectivity index (χ0n) is 19.0. The monoisotopic (exact) mass is 475 g/mol. The molecule has 1 heterocycles. The normalized spacial score (nSPS) is 13.5. The standard InChI is InChI=1S/C26H25N3O4S/c1-4-11-28-14-23(30)29(26(28)34)21-13-20(24(31)19-8-6-5-7-18(19)21)25(32)27-15-33-22-10-9-16(2)12-17(22)3/h4-10,12-13,31H,1,11,14-15H2,2-3H3,(H,27,32). The molecule has 0 bridgehead atoms. The zero-order valence-corrected chi connectivity index (χ0v) is 19.8.